The van der Waals surface area contributed by atoms with Gasteiger partial charge in [0.25, 0.3) is 0 Å². The first-order valence-corrected chi connectivity index (χ1v) is 12.6. The third-order valence-electron chi connectivity index (χ3n) is 6.79. The zero-order valence-corrected chi connectivity index (χ0v) is 21.7. The van der Waals surface area contributed by atoms with Crippen molar-refractivity contribution in [1.82, 2.24) is 5.06 Å². The van der Waals surface area contributed by atoms with Crippen LogP contribution >= 0.6 is 0 Å². The fraction of sp³-hybridized carbons (Fsp3) is 0.679. The number of nitrogens with zero attached hydrogens (tertiary/aromatic N) is 1. The van der Waals surface area contributed by atoms with Crippen molar-refractivity contribution in [3.05, 3.63) is 42.0 Å². The van der Waals surface area contributed by atoms with Gasteiger partial charge >= 0.3 is 6.16 Å². The van der Waals surface area contributed by atoms with Gasteiger partial charge in [-0.2, -0.15) is 5.06 Å². The Morgan fingerprint density at radius 2 is 1.67 bits per heavy atom. The highest BCUT2D eigenvalue weighted by Gasteiger charge is 2.44. The second-order valence-corrected chi connectivity index (χ2v) is 10.5. The van der Waals surface area contributed by atoms with Crippen LogP contribution in [-0.4, -0.2) is 35.5 Å². The molecule has 5 heteroatoms. The number of unbranched alkanes of at least 4 members (excludes halogenated alkanes) is 1. The van der Waals surface area contributed by atoms with E-state index in [-0.39, 0.29) is 17.7 Å². The second-order valence-electron chi connectivity index (χ2n) is 10.5. The maximum Gasteiger partial charge on any atom is 0.508 e. The van der Waals surface area contributed by atoms with Crippen LogP contribution in [0.1, 0.15) is 104 Å². The monoisotopic (exact) mass is 459 g/mol. The first kappa shape index (κ1) is 27.4. The average Bonchev–Trinajstić information content (AvgIpc) is 2.78. The summed E-state index contributed by atoms with van der Waals surface area (Å²) in [5.74, 6) is 0.381. The van der Waals surface area contributed by atoms with E-state index in [1.54, 1.807) is 0 Å². The summed E-state index contributed by atoms with van der Waals surface area (Å²) < 4.78 is 11.0. The molecule has 1 aliphatic heterocycles. The molecule has 1 aromatic carbocycles. The number of piperidine rings is 1. The van der Waals surface area contributed by atoms with Crippen LogP contribution < -0.4 is 0 Å². The molecule has 1 saturated heterocycles. The summed E-state index contributed by atoms with van der Waals surface area (Å²) in [4.78, 5) is 19.0. The Kier molecular flexibility index (Phi) is 10.4. The predicted octanol–water partition coefficient (Wildman–Crippen LogP) is 7.72. The number of hydrogen-bond acceptors (Lipinski definition) is 5. The third-order valence-corrected chi connectivity index (χ3v) is 6.79. The lowest BCUT2D eigenvalue weighted by molar-refractivity contribution is -0.311. The molecule has 0 aliphatic carbocycles. The zero-order valence-electron chi connectivity index (χ0n) is 21.7. The predicted molar refractivity (Wildman–Crippen MR) is 135 cm³/mol. The minimum absolute atomic E-state index is 0.0979. The van der Waals surface area contributed by atoms with Gasteiger partial charge in [0.2, 0.25) is 0 Å². The van der Waals surface area contributed by atoms with Crippen molar-refractivity contribution in [2.75, 3.05) is 13.2 Å². The topological polar surface area (TPSA) is 48.0 Å². The van der Waals surface area contributed by atoms with Gasteiger partial charge in [-0.25, -0.2) is 4.79 Å². The Morgan fingerprint density at radius 1 is 1.06 bits per heavy atom. The maximum absolute atomic E-state index is 12.4. The van der Waals surface area contributed by atoms with E-state index < -0.39 is 12.3 Å². The van der Waals surface area contributed by atoms with Crippen molar-refractivity contribution < 1.29 is 19.1 Å². The minimum atomic E-state index is -0.626. The van der Waals surface area contributed by atoms with Gasteiger partial charge in [-0.3, -0.25) is 4.84 Å². The quantitative estimate of drug-likeness (QED) is 0.299. The molecule has 2 unspecified atom stereocenters. The lowest BCUT2D eigenvalue weighted by Gasteiger charge is -2.52. The zero-order chi connectivity index (χ0) is 24.5. The van der Waals surface area contributed by atoms with Crippen LogP contribution in [0.2, 0.25) is 0 Å². The van der Waals surface area contributed by atoms with Crippen LogP contribution in [0.15, 0.2) is 30.8 Å². The molecule has 0 amide bonds. The summed E-state index contributed by atoms with van der Waals surface area (Å²) in [5, 5.41) is 2.11. The largest absolute Gasteiger partial charge is 0.508 e. The summed E-state index contributed by atoms with van der Waals surface area (Å²) in [6.07, 6.45) is 8.39. The standard InChI is InChI=1S/C28H45NO4/c1-8-11-13-23(10-3)20-31-26(30)32-21-25(24-16-14-22(9-2)15-17-24)33-29-27(4,5)18-12-19-28(29,6)7/h9,14-17,23,25H,2,8,10-13,18-21H2,1,3-7H3. The van der Waals surface area contributed by atoms with E-state index in [0.717, 1.165) is 56.1 Å². The highest BCUT2D eigenvalue weighted by molar-refractivity contribution is 5.59. The SMILES string of the molecule is C=Cc1ccc(C(COC(=O)OCC(CC)CCCC)ON2C(C)(C)CCCC2(C)C)cc1. The molecule has 33 heavy (non-hydrogen) atoms. The molecule has 0 aromatic heterocycles. The number of hydrogen-bond donors (Lipinski definition) is 0. The number of hydroxylamine groups is 2. The second kappa shape index (κ2) is 12.6. The van der Waals surface area contributed by atoms with Crippen molar-refractivity contribution in [2.24, 2.45) is 5.92 Å². The van der Waals surface area contributed by atoms with Gasteiger partial charge in [0, 0.05) is 11.1 Å². The molecule has 0 bridgehead atoms. The Morgan fingerprint density at radius 3 is 2.21 bits per heavy atom. The molecular formula is C28H45NO4. The lowest BCUT2D eigenvalue weighted by Crippen LogP contribution is -2.58. The lowest BCUT2D eigenvalue weighted by atomic mass is 9.82. The van der Waals surface area contributed by atoms with Gasteiger partial charge in [-0.15, -0.1) is 0 Å². The molecule has 1 fully saturated rings. The fourth-order valence-corrected chi connectivity index (χ4v) is 4.69. The molecular weight excluding hydrogens is 414 g/mol. The number of benzene rings is 1. The van der Waals surface area contributed by atoms with Crippen LogP contribution in [0.25, 0.3) is 6.08 Å². The Bertz CT molecular complexity index is 725. The summed E-state index contributed by atoms with van der Waals surface area (Å²) >= 11 is 0. The summed E-state index contributed by atoms with van der Waals surface area (Å²) in [5.41, 5.74) is 1.76. The van der Waals surface area contributed by atoms with Crippen LogP contribution in [-0.2, 0) is 14.3 Å². The van der Waals surface area contributed by atoms with E-state index in [4.69, 9.17) is 14.3 Å². The van der Waals surface area contributed by atoms with Crippen molar-refractivity contribution in [3.8, 4) is 0 Å². The molecule has 1 aromatic rings. The Labute approximate surface area is 201 Å². The molecule has 2 rings (SSSR count). The normalized spacial score (nSPS) is 19.5. The molecule has 5 nitrogen and oxygen atoms in total. The van der Waals surface area contributed by atoms with Crippen molar-refractivity contribution in [1.29, 1.82) is 0 Å². The number of carbonyl (C=O) groups is 1. The Balaban J connectivity index is 2.09. The van der Waals surface area contributed by atoms with E-state index in [2.05, 4.69) is 53.2 Å². The van der Waals surface area contributed by atoms with E-state index in [0.29, 0.717) is 12.5 Å². The van der Waals surface area contributed by atoms with Gasteiger partial charge in [-0.05, 0) is 70.4 Å². The summed E-state index contributed by atoms with van der Waals surface area (Å²) in [7, 11) is 0. The van der Waals surface area contributed by atoms with Crippen LogP contribution in [0.3, 0.4) is 0 Å². The van der Waals surface area contributed by atoms with Gasteiger partial charge in [0.1, 0.15) is 12.7 Å². The minimum Gasteiger partial charge on any atom is -0.434 e. The van der Waals surface area contributed by atoms with Crippen molar-refractivity contribution >= 4 is 12.2 Å². The van der Waals surface area contributed by atoms with Gasteiger partial charge in [0.05, 0.1) is 6.61 Å². The number of carbonyl (C=O) groups excluding carboxylic acids is 1. The van der Waals surface area contributed by atoms with Gasteiger partial charge in [0.15, 0.2) is 0 Å². The summed E-state index contributed by atoms with van der Waals surface area (Å²) in [6, 6.07) is 8.03. The summed E-state index contributed by atoms with van der Waals surface area (Å²) in [6.45, 7) is 17.5. The molecule has 2 atom stereocenters. The Hall–Kier alpha value is -1.85. The molecule has 0 spiro atoms. The van der Waals surface area contributed by atoms with Crippen LogP contribution in [0, 0.1) is 5.92 Å². The van der Waals surface area contributed by atoms with E-state index in [9.17, 15) is 4.79 Å². The number of ether oxygens (including phenoxy) is 2. The highest BCUT2D eigenvalue weighted by Crippen LogP contribution is 2.40. The van der Waals surface area contributed by atoms with E-state index >= 15 is 0 Å². The smallest absolute Gasteiger partial charge is 0.434 e. The molecule has 1 aliphatic rings. The fourth-order valence-electron chi connectivity index (χ4n) is 4.69. The van der Waals surface area contributed by atoms with Gasteiger partial charge in [-0.1, -0.05) is 70.0 Å². The molecule has 0 saturated carbocycles. The average molecular weight is 460 g/mol. The molecule has 0 radical (unpaired) electrons. The van der Waals surface area contributed by atoms with Crippen LogP contribution in [0.4, 0.5) is 4.79 Å². The molecule has 1 heterocycles. The number of rotatable bonds is 12. The first-order valence-electron chi connectivity index (χ1n) is 12.6. The van der Waals surface area contributed by atoms with Gasteiger partial charge < -0.3 is 9.47 Å². The van der Waals surface area contributed by atoms with E-state index in [1.165, 1.54) is 0 Å². The highest BCUT2D eigenvalue weighted by atomic mass is 16.7. The van der Waals surface area contributed by atoms with Crippen LogP contribution in [0.5, 0.6) is 0 Å². The third kappa shape index (κ3) is 8.15. The molecule has 186 valence electrons. The maximum atomic E-state index is 12.4. The van der Waals surface area contributed by atoms with Crippen molar-refractivity contribution in [2.45, 2.75) is 104 Å². The van der Waals surface area contributed by atoms with Crippen molar-refractivity contribution in [3.63, 3.8) is 0 Å². The first-order chi connectivity index (χ1) is 15.6. The van der Waals surface area contributed by atoms with E-state index in [1.807, 2.05) is 30.3 Å². The molecule has 0 N–H and O–H groups in total.